The minimum atomic E-state index is -0.236. The van der Waals surface area contributed by atoms with E-state index in [0.717, 1.165) is 16.9 Å². The van der Waals surface area contributed by atoms with Gasteiger partial charge in [0.2, 0.25) is 0 Å². The Kier molecular flexibility index (Phi) is 6.84. The molecule has 7 nitrogen and oxygen atoms in total. The number of rotatable bonds is 8. The zero-order valence-corrected chi connectivity index (χ0v) is 18.1. The van der Waals surface area contributed by atoms with Crippen molar-refractivity contribution in [1.82, 2.24) is 15.1 Å². The summed E-state index contributed by atoms with van der Waals surface area (Å²) in [4.78, 5) is 12.9. The fourth-order valence-electron chi connectivity index (χ4n) is 3.25. The van der Waals surface area contributed by atoms with Gasteiger partial charge < -0.3 is 19.5 Å². The number of benzene rings is 2. The fourth-order valence-corrected chi connectivity index (χ4v) is 3.43. The molecule has 3 aromatic rings. The molecule has 0 spiro atoms. The summed E-state index contributed by atoms with van der Waals surface area (Å²) < 4.78 is 17.9. The van der Waals surface area contributed by atoms with Crippen LogP contribution in [0.3, 0.4) is 0 Å². The topological polar surface area (TPSA) is 74.6 Å². The molecule has 0 saturated carbocycles. The average molecular weight is 430 g/mol. The van der Waals surface area contributed by atoms with E-state index in [1.807, 2.05) is 25.1 Å². The number of carbonyl (C=O) groups is 1. The Labute approximate surface area is 180 Å². The van der Waals surface area contributed by atoms with E-state index < -0.39 is 0 Å². The minimum Gasteiger partial charge on any atom is -0.496 e. The lowest BCUT2D eigenvalue weighted by molar-refractivity contribution is 0.0949. The lowest BCUT2D eigenvalue weighted by Crippen LogP contribution is -2.24. The first-order chi connectivity index (χ1) is 14.5. The van der Waals surface area contributed by atoms with Crippen molar-refractivity contribution in [2.75, 3.05) is 21.3 Å². The quantitative estimate of drug-likeness (QED) is 0.584. The summed E-state index contributed by atoms with van der Waals surface area (Å²) in [5, 5.41) is 7.94. The molecular formula is C22H24ClN3O4. The average Bonchev–Trinajstić information content (AvgIpc) is 3.21. The van der Waals surface area contributed by atoms with Gasteiger partial charge in [0.05, 0.1) is 56.6 Å². The van der Waals surface area contributed by atoms with Crippen LogP contribution < -0.4 is 19.5 Å². The van der Waals surface area contributed by atoms with Crippen LogP contribution in [-0.2, 0) is 13.0 Å². The molecule has 0 atom stereocenters. The van der Waals surface area contributed by atoms with E-state index in [-0.39, 0.29) is 12.5 Å². The number of methoxy groups -OCH3 is 3. The first-order valence-corrected chi connectivity index (χ1v) is 9.80. The van der Waals surface area contributed by atoms with Crippen molar-refractivity contribution < 1.29 is 19.0 Å². The first kappa shape index (κ1) is 21.5. The van der Waals surface area contributed by atoms with Gasteiger partial charge in [0.25, 0.3) is 5.91 Å². The van der Waals surface area contributed by atoms with Crippen molar-refractivity contribution in [3.05, 3.63) is 64.4 Å². The van der Waals surface area contributed by atoms with E-state index >= 15 is 0 Å². The van der Waals surface area contributed by atoms with Gasteiger partial charge in [-0.05, 0) is 24.6 Å². The molecule has 0 saturated heterocycles. The lowest BCUT2D eigenvalue weighted by Gasteiger charge is -2.15. The molecule has 0 fully saturated rings. The third-order valence-electron chi connectivity index (χ3n) is 4.74. The van der Waals surface area contributed by atoms with Gasteiger partial charge >= 0.3 is 0 Å². The summed E-state index contributed by atoms with van der Waals surface area (Å²) in [7, 11) is 4.69. The molecule has 0 aliphatic heterocycles. The van der Waals surface area contributed by atoms with E-state index in [0.29, 0.717) is 34.3 Å². The highest BCUT2D eigenvalue weighted by Crippen LogP contribution is 2.34. The fraction of sp³-hybridized carbons (Fsp3) is 0.273. The maximum absolute atomic E-state index is 12.9. The molecule has 1 aromatic heterocycles. The molecule has 0 aliphatic carbocycles. The van der Waals surface area contributed by atoms with Crippen molar-refractivity contribution in [2.45, 2.75) is 19.9 Å². The second-order valence-corrected chi connectivity index (χ2v) is 6.88. The number of ether oxygens (including phenoxy) is 3. The van der Waals surface area contributed by atoms with E-state index in [1.165, 1.54) is 0 Å². The van der Waals surface area contributed by atoms with Gasteiger partial charge in [-0.3, -0.25) is 4.79 Å². The molecule has 0 bridgehead atoms. The van der Waals surface area contributed by atoms with Crippen LogP contribution in [0.4, 0.5) is 0 Å². The summed E-state index contributed by atoms with van der Waals surface area (Å²) in [6.45, 7) is 2.20. The molecule has 1 N–H and O–H groups in total. The van der Waals surface area contributed by atoms with Crippen LogP contribution in [0, 0.1) is 0 Å². The number of hydrogen-bond donors (Lipinski definition) is 1. The Hall–Kier alpha value is -3.19. The second kappa shape index (κ2) is 9.54. The molecule has 3 rings (SSSR count). The Balaban J connectivity index is 1.86. The zero-order chi connectivity index (χ0) is 21.7. The summed E-state index contributed by atoms with van der Waals surface area (Å²) in [5.74, 6) is 1.50. The smallest absolute Gasteiger partial charge is 0.255 e. The molecule has 0 radical (unpaired) electrons. The van der Waals surface area contributed by atoms with Crippen LogP contribution in [0.15, 0.2) is 42.6 Å². The molecule has 0 unspecified atom stereocenters. The SMILES string of the molecule is CCc1c(C(=O)NCc2c(OC)cc(OC)cc2OC)cnn1-c1cccc(Cl)c1. The van der Waals surface area contributed by atoms with Crippen molar-refractivity contribution in [2.24, 2.45) is 0 Å². The molecule has 158 valence electrons. The van der Waals surface area contributed by atoms with Crippen molar-refractivity contribution in [3.63, 3.8) is 0 Å². The van der Waals surface area contributed by atoms with E-state index in [1.54, 1.807) is 50.4 Å². The highest BCUT2D eigenvalue weighted by atomic mass is 35.5. The summed E-state index contributed by atoms with van der Waals surface area (Å²) >= 11 is 6.10. The Morgan fingerprint density at radius 1 is 1.10 bits per heavy atom. The van der Waals surface area contributed by atoms with E-state index in [9.17, 15) is 4.79 Å². The number of nitrogens with zero attached hydrogens (tertiary/aromatic N) is 2. The lowest BCUT2D eigenvalue weighted by atomic mass is 10.1. The van der Waals surface area contributed by atoms with E-state index in [4.69, 9.17) is 25.8 Å². The predicted octanol–water partition coefficient (Wildman–Crippen LogP) is 4.04. The molecule has 2 aromatic carbocycles. The Bertz CT molecular complexity index is 1020. The highest BCUT2D eigenvalue weighted by molar-refractivity contribution is 6.30. The molecule has 30 heavy (non-hydrogen) atoms. The summed E-state index contributed by atoms with van der Waals surface area (Å²) in [6.07, 6.45) is 2.20. The van der Waals surface area contributed by atoms with Crippen molar-refractivity contribution in [3.8, 4) is 22.9 Å². The van der Waals surface area contributed by atoms with Gasteiger partial charge in [0.1, 0.15) is 17.2 Å². The zero-order valence-electron chi connectivity index (χ0n) is 17.4. The van der Waals surface area contributed by atoms with Crippen molar-refractivity contribution in [1.29, 1.82) is 0 Å². The van der Waals surface area contributed by atoms with Crippen LogP contribution in [0.5, 0.6) is 17.2 Å². The summed E-state index contributed by atoms with van der Waals surface area (Å²) in [5.41, 5.74) is 2.82. The third kappa shape index (κ3) is 4.36. The van der Waals surface area contributed by atoms with Crippen LogP contribution in [0.2, 0.25) is 5.02 Å². The van der Waals surface area contributed by atoms with Gasteiger partial charge in [0.15, 0.2) is 0 Å². The van der Waals surface area contributed by atoms with E-state index in [2.05, 4.69) is 10.4 Å². The molecule has 1 amide bonds. The Morgan fingerprint density at radius 3 is 2.37 bits per heavy atom. The number of carbonyl (C=O) groups excluding carboxylic acids is 1. The van der Waals surface area contributed by atoms with Crippen LogP contribution in [0.25, 0.3) is 5.69 Å². The van der Waals surface area contributed by atoms with Gasteiger partial charge in [-0.1, -0.05) is 24.6 Å². The highest BCUT2D eigenvalue weighted by Gasteiger charge is 2.19. The number of amides is 1. The molecular weight excluding hydrogens is 406 g/mol. The van der Waals surface area contributed by atoms with Gasteiger partial charge in [0, 0.05) is 17.2 Å². The normalized spacial score (nSPS) is 10.6. The number of aromatic nitrogens is 2. The van der Waals surface area contributed by atoms with Crippen molar-refractivity contribution >= 4 is 17.5 Å². The third-order valence-corrected chi connectivity index (χ3v) is 4.98. The second-order valence-electron chi connectivity index (χ2n) is 6.44. The van der Waals surface area contributed by atoms with Gasteiger partial charge in [-0.25, -0.2) is 4.68 Å². The molecule has 0 aliphatic rings. The maximum Gasteiger partial charge on any atom is 0.255 e. The van der Waals surface area contributed by atoms with Gasteiger partial charge in [-0.2, -0.15) is 5.10 Å². The largest absolute Gasteiger partial charge is 0.496 e. The number of halogens is 1. The first-order valence-electron chi connectivity index (χ1n) is 9.42. The predicted molar refractivity (Wildman–Crippen MR) is 115 cm³/mol. The Morgan fingerprint density at radius 2 is 1.80 bits per heavy atom. The maximum atomic E-state index is 12.9. The van der Waals surface area contributed by atoms with Crippen LogP contribution in [0.1, 0.15) is 28.5 Å². The minimum absolute atomic E-state index is 0.223. The van der Waals surface area contributed by atoms with Crippen LogP contribution >= 0.6 is 11.6 Å². The molecule has 8 heteroatoms. The number of nitrogens with one attached hydrogen (secondary N) is 1. The standard InChI is InChI=1S/C22H24ClN3O4/c1-5-19-17(13-25-26(19)15-8-6-7-14(23)9-15)22(27)24-12-18-20(29-3)10-16(28-2)11-21(18)30-4/h6-11,13H,5,12H2,1-4H3,(H,24,27). The summed E-state index contributed by atoms with van der Waals surface area (Å²) in [6, 6.07) is 10.8. The number of hydrogen-bond acceptors (Lipinski definition) is 5. The van der Waals surface area contributed by atoms with Gasteiger partial charge in [-0.15, -0.1) is 0 Å². The molecule has 1 heterocycles. The van der Waals surface area contributed by atoms with Crippen LogP contribution in [-0.4, -0.2) is 37.0 Å². The monoisotopic (exact) mass is 429 g/mol.